The fourth-order valence-corrected chi connectivity index (χ4v) is 4.42. The summed E-state index contributed by atoms with van der Waals surface area (Å²) in [6.45, 7) is 0.466. The summed E-state index contributed by atoms with van der Waals surface area (Å²) in [6, 6.07) is 5.91. The molecule has 6 nitrogen and oxygen atoms in total. The highest BCUT2D eigenvalue weighted by molar-refractivity contribution is 7.17. The van der Waals surface area contributed by atoms with E-state index in [0.29, 0.717) is 23.7 Å². The second-order valence-electron chi connectivity index (χ2n) is 6.43. The van der Waals surface area contributed by atoms with Gasteiger partial charge >= 0.3 is 0 Å². The molecule has 0 unspecified atom stereocenters. The molecule has 150 valence electrons. The molecule has 0 atom stereocenters. The molecule has 0 aliphatic heterocycles. The van der Waals surface area contributed by atoms with Gasteiger partial charge in [-0.2, -0.15) is 0 Å². The van der Waals surface area contributed by atoms with Gasteiger partial charge in [0.2, 0.25) is 0 Å². The Labute approximate surface area is 167 Å². The molecule has 0 spiro atoms. The minimum Gasteiger partial charge on any atom is -0.481 e. The molecule has 1 aliphatic rings. The minimum absolute atomic E-state index is 0.0145. The van der Waals surface area contributed by atoms with Gasteiger partial charge in [0.25, 0.3) is 11.8 Å². The van der Waals surface area contributed by atoms with E-state index in [1.165, 1.54) is 23.5 Å². The van der Waals surface area contributed by atoms with E-state index in [9.17, 15) is 14.0 Å². The third-order valence-corrected chi connectivity index (χ3v) is 5.65. The van der Waals surface area contributed by atoms with Crippen LogP contribution in [-0.2, 0) is 22.4 Å². The molecule has 0 saturated carbocycles. The second kappa shape index (κ2) is 9.66. The zero-order valence-corrected chi connectivity index (χ0v) is 16.5. The molecule has 1 aromatic carbocycles. The highest BCUT2D eigenvalue weighted by atomic mass is 32.1. The van der Waals surface area contributed by atoms with Crippen LogP contribution in [0, 0.1) is 5.82 Å². The predicted octanol–water partition coefficient (Wildman–Crippen LogP) is 3.16. The maximum absolute atomic E-state index is 13.6. The zero-order valence-electron chi connectivity index (χ0n) is 15.7. The van der Waals surface area contributed by atoms with Crippen molar-refractivity contribution in [1.82, 2.24) is 5.32 Å². The smallest absolute Gasteiger partial charge is 0.262 e. The number of carbonyl (C=O) groups is 2. The van der Waals surface area contributed by atoms with Crippen molar-refractivity contribution in [2.45, 2.75) is 25.7 Å². The van der Waals surface area contributed by atoms with Gasteiger partial charge in [-0.3, -0.25) is 9.59 Å². The van der Waals surface area contributed by atoms with Crippen LogP contribution in [0.2, 0.25) is 0 Å². The average Bonchev–Trinajstić information content (AvgIpc) is 3.05. The Hall–Kier alpha value is -2.45. The van der Waals surface area contributed by atoms with Gasteiger partial charge in [0.1, 0.15) is 5.00 Å². The number of carbonyl (C=O) groups excluding carboxylic acids is 2. The highest BCUT2D eigenvalue weighted by Gasteiger charge is 2.26. The van der Waals surface area contributed by atoms with E-state index in [4.69, 9.17) is 9.47 Å². The van der Waals surface area contributed by atoms with Gasteiger partial charge in [0.15, 0.2) is 18.2 Å². The van der Waals surface area contributed by atoms with Crippen LogP contribution < -0.4 is 15.4 Å². The van der Waals surface area contributed by atoms with Crippen molar-refractivity contribution < 1.29 is 23.5 Å². The number of fused-ring (bicyclic) bond motifs is 1. The summed E-state index contributed by atoms with van der Waals surface area (Å²) >= 11 is 1.43. The van der Waals surface area contributed by atoms with E-state index in [1.54, 1.807) is 19.2 Å². The molecular formula is C20H23FN2O4S. The van der Waals surface area contributed by atoms with Crippen molar-refractivity contribution in [3.8, 4) is 5.75 Å². The number of anilines is 1. The lowest BCUT2D eigenvalue weighted by Gasteiger charge is -2.13. The first-order chi connectivity index (χ1) is 13.6. The number of amides is 2. The standard InChI is InChI=1S/C20H23FN2O4S/c1-26-11-10-22-19(25)18-13-6-2-5-9-16(13)28-20(18)23-17(24)12-27-15-8-4-3-7-14(15)21/h3-4,7-8H,2,5-6,9-12H2,1H3,(H,22,25)(H,23,24). The first kappa shape index (κ1) is 20.3. The summed E-state index contributed by atoms with van der Waals surface area (Å²) < 4.78 is 23.8. The van der Waals surface area contributed by atoms with Gasteiger partial charge in [-0.25, -0.2) is 4.39 Å². The second-order valence-corrected chi connectivity index (χ2v) is 7.54. The number of benzene rings is 1. The molecular weight excluding hydrogens is 383 g/mol. The minimum atomic E-state index is -0.528. The lowest BCUT2D eigenvalue weighted by molar-refractivity contribution is -0.118. The fourth-order valence-electron chi connectivity index (χ4n) is 3.12. The van der Waals surface area contributed by atoms with Gasteiger partial charge in [-0.05, 0) is 43.4 Å². The SMILES string of the molecule is COCCNC(=O)c1c(NC(=O)COc2ccccc2F)sc2c1CCCC2. The lowest BCUT2D eigenvalue weighted by Crippen LogP contribution is -2.29. The lowest BCUT2D eigenvalue weighted by atomic mass is 9.95. The topological polar surface area (TPSA) is 76.7 Å². The van der Waals surface area contributed by atoms with Gasteiger partial charge in [-0.1, -0.05) is 12.1 Å². The van der Waals surface area contributed by atoms with Crippen LogP contribution in [0.5, 0.6) is 5.75 Å². The van der Waals surface area contributed by atoms with E-state index in [0.717, 1.165) is 36.1 Å². The van der Waals surface area contributed by atoms with Crippen molar-refractivity contribution in [3.05, 3.63) is 46.1 Å². The number of ether oxygens (including phenoxy) is 2. The van der Waals surface area contributed by atoms with Crippen LogP contribution >= 0.6 is 11.3 Å². The van der Waals surface area contributed by atoms with Crippen molar-refractivity contribution in [2.75, 3.05) is 32.2 Å². The Morgan fingerprint density at radius 1 is 1.21 bits per heavy atom. The number of hydrogen-bond acceptors (Lipinski definition) is 5. The number of para-hydroxylation sites is 1. The summed E-state index contributed by atoms with van der Waals surface area (Å²) in [5.41, 5.74) is 1.53. The summed E-state index contributed by atoms with van der Waals surface area (Å²) in [5.74, 6) is -1.17. The molecule has 1 heterocycles. The van der Waals surface area contributed by atoms with Crippen LogP contribution in [0.1, 0.15) is 33.6 Å². The maximum Gasteiger partial charge on any atom is 0.262 e. The fraction of sp³-hybridized carbons (Fsp3) is 0.400. The number of thiophene rings is 1. The number of nitrogens with one attached hydrogen (secondary N) is 2. The Kier molecular flexibility index (Phi) is 7.00. The molecule has 1 aliphatic carbocycles. The third-order valence-electron chi connectivity index (χ3n) is 4.44. The first-order valence-corrected chi connectivity index (χ1v) is 10.0. The van der Waals surface area contributed by atoms with E-state index in [1.807, 2.05) is 0 Å². The molecule has 0 fully saturated rings. The van der Waals surface area contributed by atoms with Gasteiger partial charge < -0.3 is 20.1 Å². The van der Waals surface area contributed by atoms with Gasteiger partial charge in [0, 0.05) is 18.5 Å². The number of halogens is 1. The Morgan fingerprint density at radius 2 is 2.00 bits per heavy atom. The molecule has 3 rings (SSSR count). The molecule has 2 amide bonds. The first-order valence-electron chi connectivity index (χ1n) is 9.19. The van der Waals surface area contributed by atoms with E-state index in [-0.39, 0.29) is 18.3 Å². The third kappa shape index (κ3) is 4.88. The van der Waals surface area contributed by atoms with Gasteiger partial charge in [0.05, 0.1) is 12.2 Å². The number of aryl methyl sites for hydroxylation is 1. The van der Waals surface area contributed by atoms with Crippen molar-refractivity contribution in [3.63, 3.8) is 0 Å². The van der Waals surface area contributed by atoms with E-state index < -0.39 is 11.7 Å². The number of hydrogen-bond donors (Lipinski definition) is 2. The monoisotopic (exact) mass is 406 g/mol. The maximum atomic E-state index is 13.6. The molecule has 0 saturated heterocycles. The van der Waals surface area contributed by atoms with E-state index in [2.05, 4.69) is 10.6 Å². The summed E-state index contributed by atoms with van der Waals surface area (Å²) in [7, 11) is 1.57. The van der Waals surface area contributed by atoms with Crippen LogP contribution in [0.15, 0.2) is 24.3 Å². The average molecular weight is 406 g/mol. The van der Waals surface area contributed by atoms with Crippen molar-refractivity contribution >= 4 is 28.2 Å². The van der Waals surface area contributed by atoms with Gasteiger partial charge in [-0.15, -0.1) is 11.3 Å². The molecule has 0 bridgehead atoms. The summed E-state index contributed by atoms with van der Waals surface area (Å²) in [6.07, 6.45) is 3.81. The quantitative estimate of drug-likeness (QED) is 0.661. The van der Waals surface area contributed by atoms with Crippen LogP contribution in [0.25, 0.3) is 0 Å². The van der Waals surface area contributed by atoms with E-state index >= 15 is 0 Å². The zero-order chi connectivity index (χ0) is 19.9. The van der Waals surface area contributed by atoms with Crippen LogP contribution in [0.3, 0.4) is 0 Å². The van der Waals surface area contributed by atoms with Crippen molar-refractivity contribution in [1.29, 1.82) is 0 Å². The van der Waals surface area contributed by atoms with Crippen molar-refractivity contribution in [2.24, 2.45) is 0 Å². The Morgan fingerprint density at radius 3 is 2.79 bits per heavy atom. The molecule has 28 heavy (non-hydrogen) atoms. The highest BCUT2D eigenvalue weighted by Crippen LogP contribution is 2.38. The van der Waals surface area contributed by atoms with Crippen LogP contribution in [0.4, 0.5) is 9.39 Å². The normalized spacial score (nSPS) is 12.9. The molecule has 8 heteroatoms. The molecule has 1 aromatic heterocycles. The number of methoxy groups -OCH3 is 1. The Bertz CT molecular complexity index is 853. The molecule has 0 radical (unpaired) electrons. The molecule has 2 aromatic rings. The molecule has 2 N–H and O–H groups in total. The summed E-state index contributed by atoms with van der Waals surface area (Å²) in [5, 5.41) is 6.11. The van der Waals surface area contributed by atoms with Crippen LogP contribution in [-0.4, -0.2) is 38.7 Å². The predicted molar refractivity (Wildman–Crippen MR) is 106 cm³/mol. The Balaban J connectivity index is 1.71. The summed E-state index contributed by atoms with van der Waals surface area (Å²) in [4.78, 5) is 26.2. The number of rotatable bonds is 8. The largest absolute Gasteiger partial charge is 0.481 e.